The molecule has 3 N–H and O–H groups in total. The van der Waals surface area contributed by atoms with E-state index in [2.05, 4.69) is 19.3 Å². The van der Waals surface area contributed by atoms with Gasteiger partial charge < -0.3 is 4.74 Å². The van der Waals surface area contributed by atoms with Crippen molar-refractivity contribution in [2.45, 2.75) is 89.7 Å². The zero-order chi connectivity index (χ0) is 14.6. The zero-order valence-corrected chi connectivity index (χ0v) is 13.7. The Morgan fingerprint density at radius 3 is 2.20 bits per heavy atom. The van der Waals surface area contributed by atoms with Gasteiger partial charge in [-0.15, -0.1) is 0 Å². The van der Waals surface area contributed by atoms with Gasteiger partial charge in [-0.05, 0) is 43.4 Å². The van der Waals surface area contributed by atoms with Gasteiger partial charge in [0.25, 0.3) is 0 Å². The molecule has 0 aromatic heterocycles. The van der Waals surface area contributed by atoms with Crippen LogP contribution < -0.4 is 11.3 Å². The largest absolute Gasteiger partial charge is 0.377 e. The molecule has 0 aliphatic heterocycles. The van der Waals surface area contributed by atoms with Crippen LogP contribution in [0.1, 0.15) is 78.1 Å². The summed E-state index contributed by atoms with van der Waals surface area (Å²) in [5.41, 5.74) is 3.54. The first-order chi connectivity index (χ1) is 9.51. The fourth-order valence-electron chi connectivity index (χ4n) is 4.24. The van der Waals surface area contributed by atoms with E-state index in [1.54, 1.807) is 0 Å². The quantitative estimate of drug-likeness (QED) is 0.596. The van der Waals surface area contributed by atoms with Crippen molar-refractivity contribution in [3.63, 3.8) is 0 Å². The highest BCUT2D eigenvalue weighted by Crippen LogP contribution is 2.45. The van der Waals surface area contributed by atoms with E-state index in [9.17, 15) is 0 Å². The van der Waals surface area contributed by atoms with E-state index in [-0.39, 0.29) is 5.60 Å². The smallest absolute Gasteiger partial charge is 0.0844 e. The van der Waals surface area contributed by atoms with E-state index >= 15 is 0 Å². The van der Waals surface area contributed by atoms with Crippen molar-refractivity contribution in [3.05, 3.63) is 0 Å². The van der Waals surface area contributed by atoms with Crippen LogP contribution in [0, 0.1) is 11.3 Å². The molecule has 0 bridgehead atoms. The first kappa shape index (κ1) is 16.3. The highest BCUT2D eigenvalue weighted by molar-refractivity contribution is 4.98. The Balaban J connectivity index is 1.99. The molecule has 0 amide bonds. The summed E-state index contributed by atoms with van der Waals surface area (Å²) < 4.78 is 6.02. The summed E-state index contributed by atoms with van der Waals surface area (Å²) in [6.45, 7) is 4.75. The molecule has 0 radical (unpaired) electrons. The number of hydrazine groups is 1. The predicted octanol–water partition coefficient (Wildman–Crippen LogP) is 3.77. The van der Waals surface area contributed by atoms with Gasteiger partial charge in [0.15, 0.2) is 0 Å². The molecular weight excluding hydrogens is 248 g/mol. The molecule has 0 aromatic carbocycles. The minimum Gasteiger partial charge on any atom is -0.377 e. The Morgan fingerprint density at radius 2 is 1.70 bits per heavy atom. The molecule has 2 aliphatic rings. The Bertz CT molecular complexity index is 287. The lowest BCUT2D eigenvalue weighted by molar-refractivity contribution is -0.0915. The molecule has 3 nitrogen and oxygen atoms in total. The van der Waals surface area contributed by atoms with Gasteiger partial charge >= 0.3 is 0 Å². The summed E-state index contributed by atoms with van der Waals surface area (Å²) in [4.78, 5) is 0. The fourth-order valence-corrected chi connectivity index (χ4v) is 4.24. The number of rotatable bonds is 5. The van der Waals surface area contributed by atoms with Gasteiger partial charge in [0, 0.05) is 7.11 Å². The average Bonchev–Trinajstić information content (AvgIpc) is 2.47. The van der Waals surface area contributed by atoms with Crippen LogP contribution in [0.4, 0.5) is 0 Å². The first-order valence-corrected chi connectivity index (χ1v) is 8.53. The van der Waals surface area contributed by atoms with Crippen LogP contribution in [-0.2, 0) is 4.74 Å². The van der Waals surface area contributed by atoms with Crippen molar-refractivity contribution >= 4 is 0 Å². The second kappa shape index (κ2) is 6.76. The van der Waals surface area contributed by atoms with E-state index in [0.717, 1.165) is 18.8 Å². The number of hydrogen-bond acceptors (Lipinski definition) is 3. The molecule has 0 saturated heterocycles. The van der Waals surface area contributed by atoms with Crippen LogP contribution in [0.3, 0.4) is 0 Å². The number of nitrogens with one attached hydrogen (secondary N) is 1. The second-order valence-corrected chi connectivity index (χ2v) is 7.89. The number of methoxy groups -OCH3 is 1. The van der Waals surface area contributed by atoms with Crippen LogP contribution in [0.2, 0.25) is 0 Å². The van der Waals surface area contributed by atoms with Crippen LogP contribution in [-0.4, -0.2) is 18.8 Å². The number of hydrogen-bond donors (Lipinski definition) is 2. The summed E-state index contributed by atoms with van der Waals surface area (Å²) >= 11 is 0. The lowest BCUT2D eigenvalue weighted by Crippen LogP contribution is -2.57. The third-order valence-electron chi connectivity index (χ3n) is 5.99. The standard InChI is InChI=1S/C17H34N2O/c1-16(2)9-11-17(20-3,12-10-16)15(19-18)13-14-7-5-4-6-8-14/h14-15,19H,4-13,18H2,1-3H3. The Morgan fingerprint density at radius 1 is 1.10 bits per heavy atom. The van der Waals surface area contributed by atoms with Crippen molar-refractivity contribution in [1.29, 1.82) is 0 Å². The molecule has 2 rings (SSSR count). The third kappa shape index (κ3) is 3.75. The van der Waals surface area contributed by atoms with E-state index in [1.165, 1.54) is 51.4 Å². The molecule has 0 heterocycles. The average molecular weight is 282 g/mol. The minimum absolute atomic E-state index is 0.0400. The van der Waals surface area contributed by atoms with Gasteiger partial charge in [0.2, 0.25) is 0 Å². The maximum absolute atomic E-state index is 6.02. The van der Waals surface area contributed by atoms with E-state index in [1.807, 2.05) is 7.11 Å². The first-order valence-electron chi connectivity index (χ1n) is 8.53. The highest BCUT2D eigenvalue weighted by atomic mass is 16.5. The van der Waals surface area contributed by atoms with Crippen LogP contribution in [0.25, 0.3) is 0 Å². The van der Waals surface area contributed by atoms with Crippen molar-refractivity contribution in [2.75, 3.05) is 7.11 Å². The summed E-state index contributed by atoms with van der Waals surface area (Å²) in [7, 11) is 1.88. The molecular formula is C17H34N2O. The Hall–Kier alpha value is -0.120. The summed E-state index contributed by atoms with van der Waals surface area (Å²) in [5, 5.41) is 0. The van der Waals surface area contributed by atoms with Gasteiger partial charge in [0.05, 0.1) is 11.6 Å². The molecule has 1 atom stereocenters. The van der Waals surface area contributed by atoms with Gasteiger partial charge in [-0.25, -0.2) is 0 Å². The zero-order valence-electron chi connectivity index (χ0n) is 13.7. The summed E-state index contributed by atoms with van der Waals surface area (Å²) in [6.07, 6.45) is 12.9. The normalized spacial score (nSPS) is 28.2. The molecule has 20 heavy (non-hydrogen) atoms. The summed E-state index contributed by atoms with van der Waals surface area (Å²) in [6, 6.07) is 0.312. The summed E-state index contributed by atoms with van der Waals surface area (Å²) in [5.74, 6) is 6.76. The van der Waals surface area contributed by atoms with Gasteiger partial charge in [-0.1, -0.05) is 46.0 Å². The maximum Gasteiger partial charge on any atom is 0.0844 e. The number of nitrogens with two attached hydrogens (primary N) is 1. The van der Waals surface area contributed by atoms with Gasteiger partial charge in [-0.2, -0.15) is 0 Å². The lowest BCUT2D eigenvalue weighted by atomic mass is 9.67. The van der Waals surface area contributed by atoms with Crippen LogP contribution in [0.5, 0.6) is 0 Å². The van der Waals surface area contributed by atoms with Crippen LogP contribution in [0.15, 0.2) is 0 Å². The third-order valence-corrected chi connectivity index (χ3v) is 5.99. The van der Waals surface area contributed by atoms with E-state index in [4.69, 9.17) is 10.6 Å². The molecule has 2 aliphatic carbocycles. The highest BCUT2D eigenvalue weighted by Gasteiger charge is 2.44. The number of ether oxygens (including phenoxy) is 1. The SMILES string of the molecule is COC1(C(CC2CCCCC2)NN)CCC(C)(C)CC1. The fraction of sp³-hybridized carbons (Fsp3) is 1.00. The molecule has 3 heteroatoms. The Kier molecular flexibility index (Phi) is 5.49. The van der Waals surface area contributed by atoms with E-state index < -0.39 is 0 Å². The van der Waals surface area contributed by atoms with E-state index in [0.29, 0.717) is 11.5 Å². The predicted molar refractivity (Wildman–Crippen MR) is 84.3 cm³/mol. The Labute approximate surface area is 125 Å². The molecule has 1 unspecified atom stereocenters. The van der Waals surface area contributed by atoms with Crippen molar-refractivity contribution in [2.24, 2.45) is 17.2 Å². The monoisotopic (exact) mass is 282 g/mol. The molecule has 0 aromatic rings. The molecule has 2 saturated carbocycles. The van der Waals surface area contributed by atoms with Gasteiger partial charge in [0.1, 0.15) is 0 Å². The molecule has 118 valence electrons. The van der Waals surface area contributed by atoms with Gasteiger partial charge in [-0.3, -0.25) is 11.3 Å². The minimum atomic E-state index is -0.0400. The second-order valence-electron chi connectivity index (χ2n) is 7.89. The van der Waals surface area contributed by atoms with Crippen LogP contribution >= 0.6 is 0 Å². The lowest BCUT2D eigenvalue weighted by Gasteiger charge is -2.47. The van der Waals surface area contributed by atoms with Crippen molar-refractivity contribution < 1.29 is 4.74 Å². The molecule has 0 spiro atoms. The maximum atomic E-state index is 6.02. The molecule has 2 fully saturated rings. The topological polar surface area (TPSA) is 47.3 Å². The van der Waals surface area contributed by atoms with Crippen molar-refractivity contribution in [3.8, 4) is 0 Å². The van der Waals surface area contributed by atoms with Crippen molar-refractivity contribution in [1.82, 2.24) is 5.43 Å².